The van der Waals surface area contributed by atoms with E-state index in [2.05, 4.69) is 5.32 Å². The molecule has 1 amide bonds. The molecule has 1 N–H and O–H groups in total. The first-order valence-electron chi connectivity index (χ1n) is 6.92. The van der Waals surface area contributed by atoms with Crippen molar-refractivity contribution in [3.8, 4) is 17.2 Å². The van der Waals surface area contributed by atoms with E-state index in [0.29, 0.717) is 17.2 Å². The van der Waals surface area contributed by atoms with E-state index in [1.807, 2.05) is 0 Å². The monoisotopic (exact) mass is 332 g/mol. The van der Waals surface area contributed by atoms with E-state index in [4.69, 9.17) is 14.2 Å². The molecule has 8 nitrogen and oxygen atoms in total. The Morgan fingerprint density at radius 3 is 2.54 bits per heavy atom. The van der Waals surface area contributed by atoms with Crippen LogP contribution in [0, 0.1) is 10.1 Å². The molecule has 24 heavy (non-hydrogen) atoms. The number of nitrogens with one attached hydrogen (secondary N) is 1. The Labute approximate surface area is 138 Å². The summed E-state index contributed by atoms with van der Waals surface area (Å²) in [4.78, 5) is 22.2. The van der Waals surface area contributed by atoms with Gasteiger partial charge in [0, 0.05) is 12.1 Å². The molecule has 0 atom stereocenters. The molecule has 0 radical (unpaired) electrons. The standard InChI is InChI=1S/C16H16N2O6/c1-22-12-4-3-5-13(9-12)24-10-16(19)17-14-7-6-11(18(20)21)8-15(14)23-2/h3-9H,10H2,1-2H3,(H,17,19). The van der Waals surface area contributed by atoms with E-state index in [9.17, 15) is 14.9 Å². The van der Waals surface area contributed by atoms with Crippen molar-refractivity contribution in [2.45, 2.75) is 0 Å². The third-order valence-electron chi connectivity index (χ3n) is 3.08. The van der Waals surface area contributed by atoms with Gasteiger partial charge in [0.2, 0.25) is 0 Å². The topological polar surface area (TPSA) is 99.9 Å². The highest BCUT2D eigenvalue weighted by molar-refractivity contribution is 5.93. The Balaban J connectivity index is 2.00. The fraction of sp³-hybridized carbons (Fsp3) is 0.188. The second-order valence-electron chi connectivity index (χ2n) is 4.66. The summed E-state index contributed by atoms with van der Waals surface area (Å²) >= 11 is 0. The first-order valence-corrected chi connectivity index (χ1v) is 6.92. The number of nitro groups is 1. The number of ether oxygens (including phenoxy) is 3. The lowest BCUT2D eigenvalue weighted by Crippen LogP contribution is -2.20. The number of carbonyl (C=O) groups excluding carboxylic acids is 1. The molecule has 0 saturated carbocycles. The van der Waals surface area contributed by atoms with E-state index >= 15 is 0 Å². The smallest absolute Gasteiger partial charge is 0.273 e. The lowest BCUT2D eigenvalue weighted by Gasteiger charge is -2.11. The normalized spacial score (nSPS) is 9.92. The van der Waals surface area contributed by atoms with Crippen LogP contribution in [-0.2, 0) is 4.79 Å². The molecule has 0 aliphatic carbocycles. The zero-order valence-electron chi connectivity index (χ0n) is 13.1. The molecule has 2 aromatic rings. The Kier molecular flexibility index (Phi) is 5.56. The second-order valence-corrected chi connectivity index (χ2v) is 4.66. The van der Waals surface area contributed by atoms with Crippen molar-refractivity contribution in [1.29, 1.82) is 0 Å². The number of rotatable bonds is 7. The van der Waals surface area contributed by atoms with Gasteiger partial charge in [-0.15, -0.1) is 0 Å². The van der Waals surface area contributed by atoms with Gasteiger partial charge in [-0.05, 0) is 18.2 Å². The maximum Gasteiger partial charge on any atom is 0.273 e. The SMILES string of the molecule is COc1cccc(OCC(=O)Nc2ccc([N+](=O)[O-])cc2OC)c1. The Morgan fingerprint density at radius 1 is 1.12 bits per heavy atom. The maximum absolute atomic E-state index is 12.0. The van der Waals surface area contributed by atoms with Gasteiger partial charge in [-0.3, -0.25) is 14.9 Å². The first kappa shape index (κ1) is 17.1. The molecule has 0 unspecified atom stereocenters. The molecule has 0 fully saturated rings. The van der Waals surface area contributed by atoms with Gasteiger partial charge in [0.25, 0.3) is 11.6 Å². The third kappa shape index (κ3) is 4.35. The van der Waals surface area contributed by atoms with Crippen molar-refractivity contribution in [2.24, 2.45) is 0 Å². The lowest BCUT2D eigenvalue weighted by atomic mass is 10.2. The molecule has 0 bridgehead atoms. The summed E-state index contributed by atoms with van der Waals surface area (Å²) in [5.74, 6) is 0.869. The van der Waals surface area contributed by atoms with Crippen LogP contribution < -0.4 is 19.5 Å². The Bertz CT molecular complexity index is 747. The molecule has 0 aliphatic rings. The number of anilines is 1. The van der Waals surface area contributed by atoms with E-state index < -0.39 is 10.8 Å². The van der Waals surface area contributed by atoms with Crippen LogP contribution in [0.2, 0.25) is 0 Å². The molecule has 8 heteroatoms. The van der Waals surface area contributed by atoms with E-state index in [1.165, 1.54) is 32.4 Å². The quantitative estimate of drug-likeness (QED) is 0.618. The highest BCUT2D eigenvalue weighted by Gasteiger charge is 2.13. The van der Waals surface area contributed by atoms with Crippen LogP contribution in [0.1, 0.15) is 0 Å². The minimum Gasteiger partial charge on any atom is -0.497 e. The number of non-ortho nitro benzene ring substituents is 1. The maximum atomic E-state index is 12.0. The van der Waals surface area contributed by atoms with Gasteiger partial charge >= 0.3 is 0 Å². The predicted octanol–water partition coefficient (Wildman–Crippen LogP) is 2.63. The minimum absolute atomic E-state index is 0.127. The highest BCUT2D eigenvalue weighted by Crippen LogP contribution is 2.29. The van der Waals surface area contributed by atoms with E-state index in [-0.39, 0.29) is 18.0 Å². The van der Waals surface area contributed by atoms with Crippen molar-refractivity contribution in [3.63, 3.8) is 0 Å². The van der Waals surface area contributed by atoms with Crippen LogP contribution in [0.5, 0.6) is 17.2 Å². The number of hydrogen-bond acceptors (Lipinski definition) is 6. The van der Waals surface area contributed by atoms with Crippen molar-refractivity contribution in [1.82, 2.24) is 0 Å². The molecule has 2 aromatic carbocycles. The van der Waals surface area contributed by atoms with Gasteiger partial charge in [-0.2, -0.15) is 0 Å². The largest absolute Gasteiger partial charge is 0.497 e. The van der Waals surface area contributed by atoms with Crippen LogP contribution in [0.4, 0.5) is 11.4 Å². The third-order valence-corrected chi connectivity index (χ3v) is 3.08. The molecule has 126 valence electrons. The zero-order chi connectivity index (χ0) is 17.5. The molecular formula is C16H16N2O6. The number of hydrogen-bond donors (Lipinski definition) is 1. The van der Waals surface area contributed by atoms with Gasteiger partial charge in [-0.25, -0.2) is 0 Å². The van der Waals surface area contributed by atoms with Crippen LogP contribution in [0.3, 0.4) is 0 Å². The van der Waals surface area contributed by atoms with Crippen LogP contribution in [-0.4, -0.2) is 31.7 Å². The number of methoxy groups -OCH3 is 2. The number of nitro benzene ring substituents is 1. The molecular weight excluding hydrogens is 316 g/mol. The highest BCUT2D eigenvalue weighted by atomic mass is 16.6. The van der Waals surface area contributed by atoms with E-state index in [0.717, 1.165) is 0 Å². The van der Waals surface area contributed by atoms with Gasteiger partial charge in [0.15, 0.2) is 6.61 Å². The first-order chi connectivity index (χ1) is 11.5. The second kappa shape index (κ2) is 7.82. The summed E-state index contributed by atoms with van der Waals surface area (Å²) in [6, 6.07) is 10.8. The van der Waals surface area contributed by atoms with Gasteiger partial charge in [0.1, 0.15) is 17.2 Å². The van der Waals surface area contributed by atoms with Gasteiger partial charge < -0.3 is 19.5 Å². The zero-order valence-corrected chi connectivity index (χ0v) is 13.1. The molecule has 0 spiro atoms. The fourth-order valence-corrected chi connectivity index (χ4v) is 1.92. The van der Waals surface area contributed by atoms with Crippen molar-refractivity contribution in [2.75, 3.05) is 26.1 Å². The summed E-state index contributed by atoms with van der Waals surface area (Å²) in [7, 11) is 2.90. The van der Waals surface area contributed by atoms with Crippen LogP contribution in [0.25, 0.3) is 0 Å². The van der Waals surface area contributed by atoms with Crippen molar-refractivity contribution < 1.29 is 23.9 Å². The number of nitrogens with zero attached hydrogens (tertiary/aromatic N) is 1. The average Bonchev–Trinajstić information content (AvgIpc) is 2.60. The molecule has 0 aromatic heterocycles. The summed E-state index contributed by atoms with van der Waals surface area (Å²) < 4.78 is 15.5. The van der Waals surface area contributed by atoms with Gasteiger partial charge in [-0.1, -0.05) is 6.07 Å². The Hall–Kier alpha value is -3.29. The van der Waals surface area contributed by atoms with Crippen LogP contribution in [0.15, 0.2) is 42.5 Å². The molecule has 0 saturated heterocycles. The minimum atomic E-state index is -0.542. The molecule has 0 heterocycles. The summed E-state index contributed by atoms with van der Waals surface area (Å²) in [5, 5.41) is 13.3. The summed E-state index contributed by atoms with van der Waals surface area (Å²) in [6.07, 6.45) is 0. The lowest BCUT2D eigenvalue weighted by molar-refractivity contribution is -0.384. The number of benzene rings is 2. The molecule has 2 rings (SSSR count). The summed E-state index contributed by atoms with van der Waals surface area (Å²) in [5.41, 5.74) is 0.194. The van der Waals surface area contributed by atoms with Crippen molar-refractivity contribution >= 4 is 17.3 Å². The molecule has 0 aliphatic heterocycles. The summed E-state index contributed by atoms with van der Waals surface area (Å²) in [6.45, 7) is -0.229. The van der Waals surface area contributed by atoms with Crippen molar-refractivity contribution in [3.05, 3.63) is 52.6 Å². The fourth-order valence-electron chi connectivity index (χ4n) is 1.92. The number of carbonyl (C=O) groups is 1. The predicted molar refractivity (Wildman–Crippen MR) is 86.8 cm³/mol. The van der Waals surface area contributed by atoms with Crippen LogP contribution >= 0.6 is 0 Å². The average molecular weight is 332 g/mol. The Morgan fingerprint density at radius 2 is 1.88 bits per heavy atom. The van der Waals surface area contributed by atoms with E-state index in [1.54, 1.807) is 24.3 Å². The number of amides is 1. The van der Waals surface area contributed by atoms with Gasteiger partial charge in [0.05, 0.1) is 30.9 Å².